The molecule has 1 heterocycles. The molecule has 2 aromatic rings. The van der Waals surface area contributed by atoms with Gasteiger partial charge >= 0.3 is 0 Å². The summed E-state index contributed by atoms with van der Waals surface area (Å²) in [4.78, 5) is 15.9. The van der Waals surface area contributed by atoms with E-state index in [0.29, 0.717) is 21.6 Å². The summed E-state index contributed by atoms with van der Waals surface area (Å²) in [5.41, 5.74) is 2.46. The minimum absolute atomic E-state index is 0.134. The van der Waals surface area contributed by atoms with Crippen molar-refractivity contribution in [2.24, 2.45) is 0 Å². The zero-order valence-electron chi connectivity index (χ0n) is 11.4. The SMILES string of the molecule is Cc1ccccc1CSCC(=O)Nc1ncc(Cl)cc1Cl. The molecule has 0 unspecified atom stereocenters. The molecule has 0 aliphatic carbocycles. The maximum Gasteiger partial charge on any atom is 0.235 e. The summed E-state index contributed by atoms with van der Waals surface area (Å²) in [6.07, 6.45) is 1.45. The number of aromatic nitrogens is 1. The Hall–Kier alpha value is -1.23. The Labute approximate surface area is 138 Å². The minimum Gasteiger partial charge on any atom is -0.309 e. The van der Waals surface area contributed by atoms with E-state index in [-0.39, 0.29) is 5.91 Å². The molecule has 0 radical (unpaired) electrons. The summed E-state index contributed by atoms with van der Waals surface area (Å²) in [7, 11) is 0. The molecule has 0 fully saturated rings. The van der Waals surface area contributed by atoms with Gasteiger partial charge in [-0.2, -0.15) is 0 Å². The van der Waals surface area contributed by atoms with Crippen LogP contribution in [0.3, 0.4) is 0 Å². The van der Waals surface area contributed by atoms with E-state index in [1.54, 1.807) is 17.8 Å². The second-order valence-electron chi connectivity index (χ2n) is 4.45. The largest absolute Gasteiger partial charge is 0.309 e. The summed E-state index contributed by atoms with van der Waals surface area (Å²) in [5, 5.41) is 3.45. The Morgan fingerprint density at radius 1 is 1.33 bits per heavy atom. The molecule has 0 aliphatic rings. The van der Waals surface area contributed by atoms with Crippen LogP contribution in [0.2, 0.25) is 10.0 Å². The number of anilines is 1. The van der Waals surface area contributed by atoms with Crippen molar-refractivity contribution in [2.75, 3.05) is 11.1 Å². The van der Waals surface area contributed by atoms with Crippen LogP contribution in [0.4, 0.5) is 5.82 Å². The van der Waals surface area contributed by atoms with Gasteiger partial charge in [-0.25, -0.2) is 4.98 Å². The molecule has 3 nitrogen and oxygen atoms in total. The Morgan fingerprint density at radius 3 is 2.81 bits per heavy atom. The van der Waals surface area contributed by atoms with Gasteiger partial charge in [0.25, 0.3) is 0 Å². The smallest absolute Gasteiger partial charge is 0.235 e. The summed E-state index contributed by atoms with van der Waals surface area (Å²) in [5.74, 6) is 1.34. The average molecular weight is 341 g/mol. The third-order valence-corrected chi connectivity index (χ3v) is 4.29. The van der Waals surface area contributed by atoms with Crippen molar-refractivity contribution in [3.63, 3.8) is 0 Å². The lowest BCUT2D eigenvalue weighted by atomic mass is 10.1. The van der Waals surface area contributed by atoms with Gasteiger partial charge in [0.05, 0.1) is 15.8 Å². The van der Waals surface area contributed by atoms with E-state index < -0.39 is 0 Å². The lowest BCUT2D eigenvalue weighted by Crippen LogP contribution is -2.15. The molecule has 6 heteroatoms. The van der Waals surface area contributed by atoms with E-state index in [1.165, 1.54) is 17.3 Å². The standard InChI is InChI=1S/C15H14Cl2N2OS/c1-10-4-2-3-5-11(10)8-21-9-14(20)19-15-13(17)6-12(16)7-18-15/h2-7H,8-9H2,1H3,(H,18,19,20). The highest BCUT2D eigenvalue weighted by Gasteiger charge is 2.08. The molecule has 110 valence electrons. The number of amides is 1. The van der Waals surface area contributed by atoms with Gasteiger partial charge in [-0.3, -0.25) is 4.79 Å². The van der Waals surface area contributed by atoms with Gasteiger partial charge in [0.15, 0.2) is 5.82 Å². The third-order valence-electron chi connectivity index (χ3n) is 2.82. The molecule has 0 saturated carbocycles. The van der Waals surface area contributed by atoms with E-state index in [1.807, 2.05) is 12.1 Å². The number of carbonyl (C=O) groups excluding carboxylic acids is 1. The number of thioether (sulfide) groups is 1. The number of pyridine rings is 1. The van der Waals surface area contributed by atoms with E-state index in [0.717, 1.165) is 5.75 Å². The predicted molar refractivity (Wildman–Crippen MR) is 90.2 cm³/mol. The first-order chi connectivity index (χ1) is 10.1. The first-order valence-electron chi connectivity index (χ1n) is 6.29. The number of nitrogens with one attached hydrogen (secondary N) is 1. The van der Waals surface area contributed by atoms with Crippen molar-refractivity contribution in [2.45, 2.75) is 12.7 Å². The number of rotatable bonds is 5. The molecule has 0 spiro atoms. The summed E-state index contributed by atoms with van der Waals surface area (Å²) in [6, 6.07) is 9.68. The van der Waals surface area contributed by atoms with Crippen LogP contribution in [-0.2, 0) is 10.5 Å². The average Bonchev–Trinajstić information content (AvgIpc) is 2.44. The zero-order chi connectivity index (χ0) is 15.2. The maximum absolute atomic E-state index is 11.9. The minimum atomic E-state index is -0.134. The summed E-state index contributed by atoms with van der Waals surface area (Å²) in [6.45, 7) is 2.06. The lowest BCUT2D eigenvalue weighted by molar-refractivity contribution is -0.113. The van der Waals surface area contributed by atoms with Crippen molar-refractivity contribution in [1.29, 1.82) is 0 Å². The highest BCUT2D eigenvalue weighted by Crippen LogP contribution is 2.23. The number of carbonyl (C=O) groups is 1. The molecular weight excluding hydrogens is 327 g/mol. The van der Waals surface area contributed by atoms with Crippen molar-refractivity contribution in [3.05, 3.63) is 57.7 Å². The summed E-state index contributed by atoms with van der Waals surface area (Å²) >= 11 is 13.3. The quantitative estimate of drug-likeness (QED) is 0.866. The Kier molecular flexibility index (Phi) is 5.91. The van der Waals surface area contributed by atoms with Gasteiger partial charge in [0.1, 0.15) is 0 Å². The van der Waals surface area contributed by atoms with Crippen LogP contribution in [0.5, 0.6) is 0 Å². The van der Waals surface area contributed by atoms with Crippen molar-refractivity contribution >= 4 is 46.7 Å². The first kappa shape index (κ1) is 16.1. The number of hydrogen-bond acceptors (Lipinski definition) is 3. The first-order valence-corrected chi connectivity index (χ1v) is 8.20. The van der Waals surface area contributed by atoms with Crippen LogP contribution in [0.25, 0.3) is 0 Å². The summed E-state index contributed by atoms with van der Waals surface area (Å²) < 4.78 is 0. The number of hydrogen-bond donors (Lipinski definition) is 1. The van der Waals surface area contributed by atoms with Crippen molar-refractivity contribution in [1.82, 2.24) is 4.98 Å². The topological polar surface area (TPSA) is 42.0 Å². The molecule has 0 saturated heterocycles. The molecule has 21 heavy (non-hydrogen) atoms. The molecule has 1 N–H and O–H groups in total. The molecule has 0 bridgehead atoms. The fourth-order valence-electron chi connectivity index (χ4n) is 1.70. The number of aryl methyl sites for hydroxylation is 1. The van der Waals surface area contributed by atoms with Gasteiger partial charge in [0.2, 0.25) is 5.91 Å². The van der Waals surface area contributed by atoms with Crippen LogP contribution < -0.4 is 5.32 Å². The Bertz CT molecular complexity index is 649. The zero-order valence-corrected chi connectivity index (χ0v) is 13.7. The van der Waals surface area contributed by atoms with Gasteiger partial charge < -0.3 is 5.32 Å². The molecule has 0 atom stereocenters. The highest BCUT2D eigenvalue weighted by molar-refractivity contribution is 7.99. The predicted octanol–water partition coefficient (Wildman–Crippen LogP) is 4.57. The fraction of sp³-hybridized carbons (Fsp3) is 0.200. The van der Waals surface area contributed by atoms with Crippen molar-refractivity contribution < 1.29 is 4.79 Å². The molecule has 1 amide bonds. The van der Waals surface area contributed by atoms with Crippen LogP contribution in [0, 0.1) is 6.92 Å². The molecule has 1 aromatic heterocycles. The van der Waals surface area contributed by atoms with E-state index in [4.69, 9.17) is 23.2 Å². The monoisotopic (exact) mass is 340 g/mol. The number of nitrogens with zero attached hydrogens (tertiary/aromatic N) is 1. The van der Waals surface area contributed by atoms with E-state index in [2.05, 4.69) is 29.4 Å². The van der Waals surface area contributed by atoms with Gasteiger partial charge in [-0.15, -0.1) is 11.8 Å². The van der Waals surface area contributed by atoms with Crippen LogP contribution in [0.1, 0.15) is 11.1 Å². The molecule has 2 rings (SSSR count). The van der Waals surface area contributed by atoms with Gasteiger partial charge in [-0.05, 0) is 24.1 Å². The van der Waals surface area contributed by atoms with Crippen LogP contribution in [-0.4, -0.2) is 16.6 Å². The van der Waals surface area contributed by atoms with Crippen LogP contribution in [0.15, 0.2) is 36.5 Å². The van der Waals surface area contributed by atoms with Gasteiger partial charge in [0, 0.05) is 11.9 Å². The van der Waals surface area contributed by atoms with Gasteiger partial charge in [-0.1, -0.05) is 47.5 Å². The second kappa shape index (κ2) is 7.69. The molecule has 0 aliphatic heterocycles. The normalized spacial score (nSPS) is 10.4. The molecular formula is C15H14Cl2N2OS. The lowest BCUT2D eigenvalue weighted by Gasteiger charge is -2.07. The molecule has 1 aromatic carbocycles. The fourth-order valence-corrected chi connectivity index (χ4v) is 3.03. The van der Waals surface area contributed by atoms with E-state index in [9.17, 15) is 4.79 Å². The Morgan fingerprint density at radius 2 is 2.10 bits per heavy atom. The van der Waals surface area contributed by atoms with Crippen molar-refractivity contribution in [3.8, 4) is 0 Å². The Balaban J connectivity index is 1.84. The van der Waals surface area contributed by atoms with Crippen LogP contribution >= 0.6 is 35.0 Å². The van der Waals surface area contributed by atoms with E-state index >= 15 is 0 Å². The highest BCUT2D eigenvalue weighted by atomic mass is 35.5. The number of benzene rings is 1. The number of halogens is 2. The second-order valence-corrected chi connectivity index (χ2v) is 6.28. The maximum atomic E-state index is 11.9. The third kappa shape index (κ3) is 4.92.